The van der Waals surface area contributed by atoms with Crippen molar-refractivity contribution in [3.05, 3.63) is 49.5 Å². The maximum atomic E-state index is 9.20. The summed E-state index contributed by atoms with van der Waals surface area (Å²) in [5.74, 6) is 0. The monoisotopic (exact) mass is 370 g/mol. The smallest absolute Gasteiger partial charge is 0.150 e. The minimum Gasteiger partial charge on any atom is -0.366 e. The van der Waals surface area contributed by atoms with Gasteiger partial charge in [0.25, 0.3) is 0 Å². The third-order valence-electron chi connectivity index (χ3n) is 2.19. The van der Waals surface area contributed by atoms with Crippen LogP contribution in [-0.2, 0) is 0 Å². The fraction of sp³-hybridized carbons (Fsp3) is 0.0833. The highest BCUT2D eigenvalue weighted by atomic mass is 79.9. The summed E-state index contributed by atoms with van der Waals surface area (Å²) in [6, 6.07) is 11.7. The average molecular weight is 372 g/mol. The molecule has 1 aromatic carbocycles. The minimum atomic E-state index is -0.328. The molecule has 1 atom stereocenters. The number of benzene rings is 1. The van der Waals surface area contributed by atoms with E-state index >= 15 is 0 Å². The lowest BCUT2D eigenvalue weighted by Gasteiger charge is -2.12. The number of hydrogen-bond acceptors (Lipinski definition) is 3. The Morgan fingerprint density at radius 3 is 2.41 bits per heavy atom. The predicted octanol–water partition coefficient (Wildman–Crippen LogP) is 4.95. The highest BCUT2D eigenvalue weighted by Crippen LogP contribution is 2.31. The number of nitrogens with one attached hydrogen (secondary N) is 1. The number of rotatable bonds is 3. The molecule has 0 spiro atoms. The SMILES string of the molecule is N#CC(Nc1ccc(Br)cc1)c1sccc1Br. The molecule has 0 aliphatic rings. The van der Waals surface area contributed by atoms with Gasteiger partial charge in [0.2, 0.25) is 0 Å². The number of nitriles is 1. The second-order valence-electron chi connectivity index (χ2n) is 3.35. The van der Waals surface area contributed by atoms with Gasteiger partial charge in [0.05, 0.1) is 10.9 Å². The van der Waals surface area contributed by atoms with Crippen LogP contribution in [0.5, 0.6) is 0 Å². The number of thiophene rings is 1. The number of halogens is 2. The van der Waals surface area contributed by atoms with Gasteiger partial charge in [-0.25, -0.2) is 0 Å². The van der Waals surface area contributed by atoms with Gasteiger partial charge in [-0.3, -0.25) is 0 Å². The van der Waals surface area contributed by atoms with Crippen LogP contribution in [0, 0.1) is 11.3 Å². The Morgan fingerprint density at radius 1 is 1.18 bits per heavy atom. The second-order valence-corrected chi connectivity index (χ2v) is 6.06. The molecule has 2 rings (SSSR count). The molecule has 86 valence electrons. The molecule has 0 radical (unpaired) electrons. The first-order valence-electron chi connectivity index (χ1n) is 4.85. The molecule has 2 aromatic rings. The third kappa shape index (κ3) is 3.09. The van der Waals surface area contributed by atoms with Crippen LogP contribution in [0.2, 0.25) is 0 Å². The Bertz CT molecular complexity index is 542. The lowest BCUT2D eigenvalue weighted by Crippen LogP contribution is -2.07. The maximum Gasteiger partial charge on any atom is 0.150 e. The highest BCUT2D eigenvalue weighted by molar-refractivity contribution is 9.10. The molecule has 0 fully saturated rings. The van der Waals surface area contributed by atoms with Crippen molar-refractivity contribution in [2.45, 2.75) is 6.04 Å². The number of nitrogens with zero attached hydrogens (tertiary/aromatic N) is 1. The summed E-state index contributed by atoms with van der Waals surface area (Å²) in [6.07, 6.45) is 0. The fourth-order valence-corrected chi connectivity index (χ4v) is 3.24. The number of hydrogen-bond donors (Lipinski definition) is 1. The zero-order valence-corrected chi connectivity index (χ0v) is 12.6. The highest BCUT2D eigenvalue weighted by Gasteiger charge is 2.14. The molecule has 0 aliphatic carbocycles. The first-order chi connectivity index (χ1) is 8.20. The van der Waals surface area contributed by atoms with Crippen LogP contribution in [0.25, 0.3) is 0 Å². The molecule has 0 bridgehead atoms. The van der Waals surface area contributed by atoms with Crippen molar-refractivity contribution in [1.29, 1.82) is 5.26 Å². The van der Waals surface area contributed by atoms with Gasteiger partial charge in [-0.15, -0.1) is 11.3 Å². The summed E-state index contributed by atoms with van der Waals surface area (Å²) >= 11 is 8.39. The number of anilines is 1. The lowest BCUT2D eigenvalue weighted by atomic mass is 10.2. The van der Waals surface area contributed by atoms with E-state index in [9.17, 15) is 5.26 Å². The van der Waals surface area contributed by atoms with Gasteiger partial charge in [-0.2, -0.15) is 5.26 Å². The molecule has 17 heavy (non-hydrogen) atoms. The van der Waals surface area contributed by atoms with E-state index in [2.05, 4.69) is 43.2 Å². The van der Waals surface area contributed by atoms with Gasteiger partial charge in [0.1, 0.15) is 0 Å². The van der Waals surface area contributed by atoms with Crippen molar-refractivity contribution < 1.29 is 0 Å². The van der Waals surface area contributed by atoms with Crippen molar-refractivity contribution >= 4 is 48.9 Å². The molecule has 1 N–H and O–H groups in total. The Morgan fingerprint density at radius 2 is 1.88 bits per heavy atom. The van der Waals surface area contributed by atoms with Gasteiger partial charge in [0, 0.05) is 14.6 Å². The van der Waals surface area contributed by atoms with Gasteiger partial charge < -0.3 is 5.32 Å². The van der Waals surface area contributed by atoms with Crippen LogP contribution < -0.4 is 5.32 Å². The maximum absolute atomic E-state index is 9.20. The third-order valence-corrected chi connectivity index (χ3v) is 4.66. The lowest BCUT2D eigenvalue weighted by molar-refractivity contribution is 1.02. The first-order valence-corrected chi connectivity index (χ1v) is 7.32. The van der Waals surface area contributed by atoms with Crippen molar-refractivity contribution in [2.24, 2.45) is 0 Å². The first kappa shape index (κ1) is 12.6. The van der Waals surface area contributed by atoms with E-state index in [1.54, 1.807) is 11.3 Å². The van der Waals surface area contributed by atoms with Crippen LogP contribution in [0.4, 0.5) is 5.69 Å². The average Bonchev–Trinajstić information content (AvgIpc) is 2.75. The van der Waals surface area contributed by atoms with Crippen LogP contribution in [0.1, 0.15) is 10.9 Å². The Balaban J connectivity index is 2.19. The van der Waals surface area contributed by atoms with Gasteiger partial charge in [-0.1, -0.05) is 15.9 Å². The van der Waals surface area contributed by atoms with Crippen LogP contribution in [0.3, 0.4) is 0 Å². The van der Waals surface area contributed by atoms with Gasteiger partial charge in [0.15, 0.2) is 6.04 Å². The Hall–Kier alpha value is -0.830. The zero-order chi connectivity index (χ0) is 12.3. The largest absolute Gasteiger partial charge is 0.366 e. The summed E-state index contributed by atoms with van der Waals surface area (Å²) in [5, 5.41) is 14.4. The van der Waals surface area contributed by atoms with Gasteiger partial charge >= 0.3 is 0 Å². The van der Waals surface area contributed by atoms with E-state index in [0.717, 1.165) is 19.5 Å². The van der Waals surface area contributed by atoms with Crippen molar-refractivity contribution in [3.63, 3.8) is 0 Å². The van der Waals surface area contributed by atoms with Crippen molar-refractivity contribution in [3.8, 4) is 6.07 Å². The van der Waals surface area contributed by atoms with E-state index in [4.69, 9.17) is 0 Å². The Kier molecular flexibility index (Phi) is 4.21. The standard InChI is InChI=1S/C12H8Br2N2S/c13-8-1-3-9(4-2-8)16-11(7-15)12-10(14)5-6-17-12/h1-6,11,16H. The predicted molar refractivity (Wildman–Crippen MR) is 78.1 cm³/mol. The second kappa shape index (κ2) is 5.67. The van der Waals surface area contributed by atoms with E-state index in [1.165, 1.54) is 0 Å². The molecule has 1 aromatic heterocycles. The normalized spacial score (nSPS) is 11.8. The van der Waals surface area contributed by atoms with Gasteiger partial charge in [-0.05, 0) is 51.6 Å². The van der Waals surface area contributed by atoms with Crippen LogP contribution in [0.15, 0.2) is 44.7 Å². The van der Waals surface area contributed by atoms with Crippen LogP contribution in [-0.4, -0.2) is 0 Å². The fourth-order valence-electron chi connectivity index (χ4n) is 1.38. The summed E-state index contributed by atoms with van der Waals surface area (Å²) in [5.41, 5.74) is 0.931. The van der Waals surface area contributed by atoms with E-state index in [-0.39, 0.29) is 6.04 Å². The molecule has 5 heteroatoms. The van der Waals surface area contributed by atoms with Crippen molar-refractivity contribution in [2.75, 3.05) is 5.32 Å². The summed E-state index contributed by atoms with van der Waals surface area (Å²) in [7, 11) is 0. The molecule has 0 saturated heterocycles. The molecule has 0 saturated carbocycles. The molecule has 0 aliphatic heterocycles. The van der Waals surface area contributed by atoms with E-state index in [0.29, 0.717) is 0 Å². The molecular formula is C12H8Br2N2S. The van der Waals surface area contributed by atoms with E-state index < -0.39 is 0 Å². The zero-order valence-electron chi connectivity index (χ0n) is 8.65. The topological polar surface area (TPSA) is 35.8 Å². The van der Waals surface area contributed by atoms with Crippen molar-refractivity contribution in [1.82, 2.24) is 0 Å². The summed E-state index contributed by atoms with van der Waals surface area (Å²) in [4.78, 5) is 0.996. The van der Waals surface area contributed by atoms with E-state index in [1.807, 2.05) is 35.7 Å². The summed E-state index contributed by atoms with van der Waals surface area (Å²) < 4.78 is 1.99. The molecular weight excluding hydrogens is 364 g/mol. The molecule has 0 amide bonds. The Labute approximate surface area is 121 Å². The quantitative estimate of drug-likeness (QED) is 0.828. The molecule has 2 nitrogen and oxygen atoms in total. The van der Waals surface area contributed by atoms with Crippen LogP contribution >= 0.6 is 43.2 Å². The summed E-state index contributed by atoms with van der Waals surface area (Å²) in [6.45, 7) is 0. The minimum absolute atomic E-state index is 0.328. The molecule has 1 heterocycles. The molecule has 1 unspecified atom stereocenters.